The fraction of sp³-hybridized carbons (Fsp3) is 0.480. The van der Waals surface area contributed by atoms with Gasteiger partial charge >= 0.3 is 0 Å². The molecule has 2 aromatic heterocycles. The molecule has 2 aromatic rings. The Balaban J connectivity index is 1.59. The molecule has 29 heavy (non-hydrogen) atoms. The van der Waals surface area contributed by atoms with Crippen LogP contribution in [0.25, 0.3) is 6.08 Å². The number of H-pyrrole nitrogens is 2. The number of allylic oxidation sites excluding steroid dienone is 1. The first-order valence-electron chi connectivity index (χ1n) is 11.0. The molecule has 2 aliphatic rings. The molecule has 0 fully saturated rings. The second-order valence-electron chi connectivity index (χ2n) is 8.57. The summed E-state index contributed by atoms with van der Waals surface area (Å²) >= 11 is 0. The molecule has 0 saturated carbocycles. The van der Waals surface area contributed by atoms with Gasteiger partial charge in [-0.15, -0.1) is 0 Å². The van der Waals surface area contributed by atoms with Crippen LogP contribution in [0.4, 0.5) is 0 Å². The molecule has 4 rings (SSSR count). The number of hydrogen-bond acceptors (Lipinski definition) is 2. The van der Waals surface area contributed by atoms with Crippen LogP contribution in [-0.4, -0.2) is 22.8 Å². The molecule has 0 radical (unpaired) electrons. The van der Waals surface area contributed by atoms with Gasteiger partial charge in [0.25, 0.3) is 0 Å². The summed E-state index contributed by atoms with van der Waals surface area (Å²) < 4.78 is 5.60. The lowest BCUT2D eigenvalue weighted by Gasteiger charge is -2.34. The zero-order valence-corrected chi connectivity index (χ0v) is 18.1. The Hall–Kier alpha value is -2.49. The van der Waals surface area contributed by atoms with Crippen LogP contribution in [0, 0.1) is 11.8 Å². The second kappa shape index (κ2) is 8.48. The predicted molar refractivity (Wildman–Crippen MR) is 120 cm³/mol. The number of methoxy groups -OCH3 is 1. The highest BCUT2D eigenvalue weighted by atomic mass is 16.5. The van der Waals surface area contributed by atoms with Crippen molar-refractivity contribution in [3.8, 4) is 0 Å². The Labute approximate surface area is 174 Å². The van der Waals surface area contributed by atoms with Crippen molar-refractivity contribution >= 4 is 11.8 Å². The van der Waals surface area contributed by atoms with Crippen LogP contribution in [-0.2, 0) is 11.2 Å². The minimum absolute atomic E-state index is 0.605. The van der Waals surface area contributed by atoms with Crippen LogP contribution >= 0.6 is 0 Å². The Morgan fingerprint density at radius 1 is 1.34 bits per heavy atom. The molecule has 0 spiro atoms. The summed E-state index contributed by atoms with van der Waals surface area (Å²) in [5, 5.41) is 0. The smallest absolute Gasteiger partial charge is 0.146 e. The van der Waals surface area contributed by atoms with Gasteiger partial charge in [-0.2, -0.15) is 0 Å². The number of rotatable bonds is 7. The van der Waals surface area contributed by atoms with Crippen molar-refractivity contribution < 1.29 is 4.74 Å². The van der Waals surface area contributed by atoms with E-state index >= 15 is 0 Å². The summed E-state index contributed by atoms with van der Waals surface area (Å²) in [6, 6.07) is 4.02. The van der Waals surface area contributed by atoms with Gasteiger partial charge in [-0.05, 0) is 59.9 Å². The summed E-state index contributed by atoms with van der Waals surface area (Å²) in [5.41, 5.74) is 6.94. The Morgan fingerprint density at radius 2 is 2.21 bits per heavy atom. The summed E-state index contributed by atoms with van der Waals surface area (Å²) in [6.07, 6.45) is 14.7. The highest BCUT2D eigenvalue weighted by Crippen LogP contribution is 2.43. The van der Waals surface area contributed by atoms with Crippen molar-refractivity contribution in [2.45, 2.75) is 58.8 Å². The largest absolute Gasteiger partial charge is 0.494 e. The summed E-state index contributed by atoms with van der Waals surface area (Å²) in [4.78, 5) is 11.6. The fourth-order valence-corrected chi connectivity index (χ4v) is 5.05. The van der Waals surface area contributed by atoms with E-state index in [0.29, 0.717) is 5.92 Å². The number of nitrogens with one attached hydrogen (secondary N) is 2. The van der Waals surface area contributed by atoms with E-state index in [4.69, 9.17) is 9.73 Å². The summed E-state index contributed by atoms with van der Waals surface area (Å²) in [7, 11) is 1.71. The predicted octanol–water partition coefficient (Wildman–Crippen LogP) is 6.21. The lowest BCUT2D eigenvalue weighted by molar-refractivity contribution is 0.260. The van der Waals surface area contributed by atoms with E-state index in [0.717, 1.165) is 41.1 Å². The molecule has 1 aliphatic heterocycles. The molecule has 2 N–H and O–H groups in total. The van der Waals surface area contributed by atoms with Crippen LogP contribution < -0.4 is 0 Å². The number of nitrogens with zero attached hydrogens (tertiary/aromatic N) is 1. The monoisotopic (exact) mass is 391 g/mol. The first kappa shape index (κ1) is 19.8. The standard InChI is InChI=1S/C25H33N3O/c1-5-6-8-16(2)18-10-11-19-20(17(18)3)15-27-22(19)13-24-25(29-4)14-23(28-24)21-9-7-12-26-21/h7,9,12-18,26-27H,5-6,8,10-11H2,1-4H3/b24-13+. The molecule has 4 heteroatoms. The second-order valence-corrected chi connectivity index (χ2v) is 8.57. The minimum atomic E-state index is 0.605. The van der Waals surface area contributed by atoms with Gasteiger partial charge in [0.1, 0.15) is 11.5 Å². The number of aliphatic imine (C=N–C) groups is 1. The third kappa shape index (κ3) is 3.85. The third-order valence-corrected chi connectivity index (χ3v) is 6.80. The lowest BCUT2D eigenvalue weighted by Crippen LogP contribution is -2.24. The quantitative estimate of drug-likeness (QED) is 0.579. The number of hydrogen-bond donors (Lipinski definition) is 2. The molecule has 3 unspecified atom stereocenters. The SMILES string of the molecule is CCCCC(C)C1CCc2c(c[nH]c2/C=C2/N=C(c3ccc[nH]3)C=C2OC)C1C. The highest BCUT2D eigenvalue weighted by molar-refractivity contribution is 6.11. The molecule has 4 nitrogen and oxygen atoms in total. The normalized spacial score (nSPS) is 23.7. The highest BCUT2D eigenvalue weighted by Gasteiger charge is 2.32. The van der Waals surface area contributed by atoms with Gasteiger partial charge in [0.15, 0.2) is 0 Å². The Morgan fingerprint density at radius 3 is 2.93 bits per heavy atom. The number of unbranched alkanes of at least 4 members (excludes halogenated alkanes) is 1. The first-order valence-corrected chi connectivity index (χ1v) is 11.0. The van der Waals surface area contributed by atoms with Crippen molar-refractivity contribution in [2.24, 2.45) is 16.8 Å². The van der Waals surface area contributed by atoms with Gasteiger partial charge in [0.05, 0.1) is 18.5 Å². The first-order chi connectivity index (χ1) is 14.1. The molecule has 1 aliphatic carbocycles. The number of fused-ring (bicyclic) bond motifs is 1. The van der Waals surface area contributed by atoms with Crippen LogP contribution in [0.2, 0.25) is 0 Å². The van der Waals surface area contributed by atoms with Gasteiger partial charge in [-0.25, -0.2) is 4.99 Å². The molecular weight excluding hydrogens is 358 g/mol. The van der Waals surface area contributed by atoms with Crippen LogP contribution in [0.3, 0.4) is 0 Å². The molecule has 3 atom stereocenters. The van der Waals surface area contributed by atoms with Gasteiger partial charge in [-0.1, -0.05) is 40.0 Å². The number of aromatic amines is 2. The average molecular weight is 392 g/mol. The van der Waals surface area contributed by atoms with E-state index < -0.39 is 0 Å². The Kier molecular flexibility index (Phi) is 5.79. The van der Waals surface area contributed by atoms with Gasteiger partial charge in [-0.3, -0.25) is 0 Å². The molecule has 0 amide bonds. The van der Waals surface area contributed by atoms with Crippen LogP contribution in [0.1, 0.15) is 74.9 Å². The average Bonchev–Trinajstić information content (AvgIpc) is 3.46. The molecule has 154 valence electrons. The minimum Gasteiger partial charge on any atom is -0.494 e. The number of ether oxygens (including phenoxy) is 1. The topological polar surface area (TPSA) is 53.2 Å². The van der Waals surface area contributed by atoms with Crippen molar-refractivity contribution in [3.63, 3.8) is 0 Å². The Bertz CT molecular complexity index is 929. The van der Waals surface area contributed by atoms with Crippen molar-refractivity contribution in [2.75, 3.05) is 7.11 Å². The van der Waals surface area contributed by atoms with Crippen LogP contribution in [0.5, 0.6) is 0 Å². The van der Waals surface area contributed by atoms with E-state index in [1.807, 2.05) is 24.4 Å². The third-order valence-electron chi connectivity index (χ3n) is 6.80. The van der Waals surface area contributed by atoms with Gasteiger partial charge in [0.2, 0.25) is 0 Å². The summed E-state index contributed by atoms with van der Waals surface area (Å²) in [5.74, 6) is 2.99. The molecule has 3 heterocycles. The summed E-state index contributed by atoms with van der Waals surface area (Å²) in [6.45, 7) is 7.15. The molecule has 0 bridgehead atoms. The van der Waals surface area contributed by atoms with E-state index in [2.05, 4.69) is 43.0 Å². The van der Waals surface area contributed by atoms with Crippen molar-refractivity contribution in [3.05, 3.63) is 64.6 Å². The maximum Gasteiger partial charge on any atom is 0.146 e. The number of aromatic nitrogens is 2. The maximum absolute atomic E-state index is 5.60. The zero-order chi connectivity index (χ0) is 20.4. The van der Waals surface area contributed by atoms with Gasteiger partial charge < -0.3 is 14.7 Å². The zero-order valence-electron chi connectivity index (χ0n) is 18.1. The van der Waals surface area contributed by atoms with E-state index in [9.17, 15) is 0 Å². The van der Waals surface area contributed by atoms with E-state index in [-0.39, 0.29) is 0 Å². The molecular formula is C25H33N3O. The molecule has 0 aromatic carbocycles. The fourth-order valence-electron chi connectivity index (χ4n) is 5.05. The van der Waals surface area contributed by atoms with E-state index in [1.165, 1.54) is 42.5 Å². The van der Waals surface area contributed by atoms with Gasteiger partial charge in [0, 0.05) is 24.2 Å². The van der Waals surface area contributed by atoms with Crippen molar-refractivity contribution in [1.82, 2.24) is 9.97 Å². The maximum atomic E-state index is 5.60. The lowest BCUT2D eigenvalue weighted by atomic mass is 9.70. The van der Waals surface area contributed by atoms with Crippen LogP contribution in [0.15, 0.2) is 47.1 Å². The van der Waals surface area contributed by atoms with E-state index in [1.54, 1.807) is 7.11 Å². The van der Waals surface area contributed by atoms with Crippen molar-refractivity contribution in [1.29, 1.82) is 0 Å². The molecule has 0 saturated heterocycles.